The van der Waals surface area contributed by atoms with Gasteiger partial charge in [0.2, 0.25) is 27.5 Å². The minimum absolute atomic E-state index is 0.0221. The number of anilines is 1. The Kier molecular flexibility index (Phi) is 21.1. The van der Waals surface area contributed by atoms with E-state index in [1.165, 1.54) is 37.4 Å². The van der Waals surface area contributed by atoms with Crippen LogP contribution >= 0.6 is 0 Å². The van der Waals surface area contributed by atoms with Gasteiger partial charge in [-0.15, -0.1) is 0 Å². The Morgan fingerprint density at radius 1 is 0.654 bits per heavy atom. The van der Waals surface area contributed by atoms with Crippen molar-refractivity contribution < 1.29 is 94.3 Å². The number of fused-ring (bicyclic) bond motifs is 2. The molecule has 0 bridgehead atoms. The van der Waals surface area contributed by atoms with E-state index in [0.717, 1.165) is 10.4 Å². The number of aliphatic carboxylic acids is 2. The van der Waals surface area contributed by atoms with Crippen molar-refractivity contribution in [2.75, 3.05) is 61.9 Å². The number of rotatable bonds is 29. The lowest BCUT2D eigenvalue weighted by atomic mass is 9.70. The molecule has 3 aliphatic rings. The molecule has 2 heterocycles. The molecular weight excluding hydrogens is 1160 g/mol. The summed E-state index contributed by atoms with van der Waals surface area (Å²) in [6.07, 6.45) is 7.68. The van der Waals surface area contributed by atoms with Crippen molar-refractivity contribution in [2.24, 2.45) is 5.41 Å². The first-order chi connectivity index (χ1) is 37.3. The van der Waals surface area contributed by atoms with Gasteiger partial charge in [0.15, 0.2) is 5.71 Å². The van der Waals surface area contributed by atoms with Crippen LogP contribution < -0.4 is 15.5 Å². The molecule has 5 rings (SSSR count). The Morgan fingerprint density at radius 2 is 1.23 bits per heavy atom. The second kappa shape index (κ2) is 25.8. The number of carboxylic acids is 2. The molecule has 2 aromatic carbocycles. The third-order valence-corrected chi connectivity index (χ3v) is 19.4. The molecule has 1 unspecified atom stereocenters. The number of allylic oxidation sites excluding steroid dienone is 8. The van der Waals surface area contributed by atoms with Gasteiger partial charge in [0.05, 0.1) is 32.5 Å². The third kappa shape index (κ3) is 17.2. The van der Waals surface area contributed by atoms with Gasteiger partial charge in [0, 0.05) is 87.0 Å². The van der Waals surface area contributed by atoms with E-state index in [9.17, 15) is 79.5 Å². The van der Waals surface area contributed by atoms with Crippen molar-refractivity contribution in [3.63, 3.8) is 0 Å². The van der Waals surface area contributed by atoms with Gasteiger partial charge in [0.25, 0.3) is 40.5 Å². The molecule has 0 fully saturated rings. The van der Waals surface area contributed by atoms with E-state index in [0.29, 0.717) is 57.9 Å². The van der Waals surface area contributed by atoms with E-state index in [4.69, 9.17) is 10.2 Å². The average Bonchev–Trinajstić information content (AvgIpc) is 3.71. The minimum Gasteiger partial charge on any atom is -0.481 e. The standard InChI is InChI=1S/C51H69N5O20S5/c1-49(2)39-31-37(80(72,73)54(5)24-9-13-46(59)60)16-18-41(39)55(25-10-27-77(63,64)65)43(49)20-14-35-30-36(34-51(33-35,48(62)53-23-29-79(69,70)71)47(61)52-22-8-6-7-12-45(57)58)15-21-44-50(3,4)40-32-38(81(74,75)76)17-19-42(40)56(44)26-11-28-78(66,67)68/h14-21,30-32H,6-13,22-29,33-34H2,1-5H3,(H7-,52,53,57,58,59,60,61,62,63,64,65,66,67,68,69,70,71,74,75,76)/p+1. The maximum absolute atomic E-state index is 14.8. The Morgan fingerprint density at radius 3 is 1.84 bits per heavy atom. The van der Waals surface area contributed by atoms with Crippen LogP contribution in [0.3, 0.4) is 0 Å². The molecule has 448 valence electrons. The number of carbonyl (C=O) groups is 4. The molecule has 0 radical (unpaired) electrons. The van der Waals surface area contributed by atoms with Crippen LogP contribution in [-0.2, 0) is 80.5 Å². The fourth-order valence-electron chi connectivity index (χ4n) is 10.2. The molecule has 0 saturated carbocycles. The number of hydrogen-bond donors (Lipinski definition) is 8. The van der Waals surface area contributed by atoms with Crippen molar-refractivity contribution in [1.29, 1.82) is 0 Å². The van der Waals surface area contributed by atoms with E-state index in [1.54, 1.807) is 67.6 Å². The molecule has 2 aliphatic heterocycles. The molecule has 0 spiro atoms. The molecule has 1 atom stereocenters. The number of carboxylic acid groups (broad SMARTS) is 2. The maximum atomic E-state index is 14.8. The van der Waals surface area contributed by atoms with Gasteiger partial charge >= 0.3 is 11.9 Å². The number of nitrogens with one attached hydrogen (secondary N) is 2. The van der Waals surface area contributed by atoms with Crippen LogP contribution in [0.2, 0.25) is 0 Å². The number of hydrogen-bond acceptors (Lipinski definition) is 15. The fraction of sp³-hybridized carbons (Fsp3) is 0.510. The molecule has 81 heavy (non-hydrogen) atoms. The quantitative estimate of drug-likeness (QED) is 0.0247. The Labute approximate surface area is 472 Å². The second-order valence-corrected chi connectivity index (χ2v) is 29.3. The highest BCUT2D eigenvalue weighted by atomic mass is 32.2. The summed E-state index contributed by atoms with van der Waals surface area (Å²) in [7, 11) is -21.1. The predicted octanol–water partition coefficient (Wildman–Crippen LogP) is 3.99. The summed E-state index contributed by atoms with van der Waals surface area (Å²) in [5.74, 6) is -6.13. The van der Waals surface area contributed by atoms with Gasteiger partial charge in [-0.1, -0.05) is 38.5 Å². The third-order valence-electron chi connectivity index (χ3n) is 14.3. The minimum atomic E-state index is -4.71. The summed E-state index contributed by atoms with van der Waals surface area (Å²) in [6, 6.07) is 8.19. The highest BCUT2D eigenvalue weighted by Crippen LogP contribution is 2.49. The summed E-state index contributed by atoms with van der Waals surface area (Å²) in [5.41, 5.74) is -1.02. The highest BCUT2D eigenvalue weighted by molar-refractivity contribution is 7.89. The van der Waals surface area contributed by atoms with Crippen LogP contribution in [0.1, 0.15) is 103 Å². The monoisotopic (exact) mass is 1230 g/mol. The van der Waals surface area contributed by atoms with Crippen LogP contribution in [0.25, 0.3) is 0 Å². The zero-order valence-electron chi connectivity index (χ0n) is 45.4. The van der Waals surface area contributed by atoms with Gasteiger partial charge in [-0.3, -0.25) is 37.4 Å². The summed E-state index contributed by atoms with van der Waals surface area (Å²) in [4.78, 5) is 53.0. The lowest BCUT2D eigenvalue weighted by Crippen LogP contribution is -2.53. The van der Waals surface area contributed by atoms with Gasteiger partial charge in [-0.05, 0) is 105 Å². The van der Waals surface area contributed by atoms with E-state index in [2.05, 4.69) is 10.6 Å². The fourth-order valence-corrected chi connectivity index (χ4v) is 13.3. The summed E-state index contributed by atoms with van der Waals surface area (Å²) < 4.78 is 165. The van der Waals surface area contributed by atoms with Crippen LogP contribution in [0.4, 0.5) is 11.4 Å². The van der Waals surface area contributed by atoms with Crippen molar-refractivity contribution in [2.45, 2.75) is 113 Å². The number of unbranched alkanes of at least 4 members (excludes halogenated alkanes) is 2. The van der Waals surface area contributed by atoms with Gasteiger partial charge in [-0.25, -0.2) is 12.7 Å². The van der Waals surface area contributed by atoms with Crippen molar-refractivity contribution >= 4 is 91.3 Å². The van der Waals surface area contributed by atoms with Crippen LogP contribution in [0.5, 0.6) is 0 Å². The van der Waals surface area contributed by atoms with Gasteiger partial charge in [-0.2, -0.15) is 38.2 Å². The SMILES string of the molecule is CN(CCCC(=O)O)S(=O)(=O)c1ccc2c(c1)C(C)(C)C(/C=C/C1=CC(=C/C=C3/N(CCCS(=O)(=O)O)c4ccc(S(=O)(=O)O)cc4C3(C)C)/CC(C(=O)NCCCCCC(=O)O)(C(=O)NCCS(=O)(=O)O)C1)=[N+]2CCCS(=O)(=O)O. The molecular formula is C51H70N5O20S5+. The average molecular weight is 1230 g/mol. The molecule has 2 amide bonds. The summed E-state index contributed by atoms with van der Waals surface area (Å²) in [6.45, 7) is 6.17. The van der Waals surface area contributed by atoms with E-state index in [-0.39, 0.29) is 82.4 Å². The van der Waals surface area contributed by atoms with Crippen molar-refractivity contribution in [3.05, 3.63) is 94.7 Å². The van der Waals surface area contributed by atoms with Crippen molar-refractivity contribution in [1.82, 2.24) is 14.9 Å². The second-order valence-electron chi connectivity index (χ2n) is 21.2. The first kappa shape index (κ1) is 66.1. The van der Waals surface area contributed by atoms with E-state index >= 15 is 0 Å². The van der Waals surface area contributed by atoms with Gasteiger partial charge < -0.3 is 25.7 Å². The number of carbonyl (C=O) groups excluding carboxylic acids is 2. The molecule has 2 aromatic rings. The molecule has 25 nitrogen and oxygen atoms in total. The molecule has 30 heteroatoms. The summed E-state index contributed by atoms with van der Waals surface area (Å²) in [5, 5.41) is 23.5. The lowest BCUT2D eigenvalue weighted by Gasteiger charge is -2.35. The molecule has 0 aromatic heterocycles. The number of sulfonamides is 1. The number of nitrogens with zero attached hydrogens (tertiary/aromatic N) is 3. The first-order valence-corrected chi connectivity index (χ1v) is 33.3. The molecule has 1 aliphatic carbocycles. The summed E-state index contributed by atoms with van der Waals surface area (Å²) >= 11 is 0. The zero-order chi connectivity index (χ0) is 60.7. The Hall–Kier alpha value is -5.70. The normalized spacial score (nSPS) is 19.3. The van der Waals surface area contributed by atoms with Crippen LogP contribution in [0.15, 0.2) is 93.4 Å². The van der Waals surface area contributed by atoms with Gasteiger partial charge in [0.1, 0.15) is 12.0 Å². The molecule has 0 saturated heterocycles. The Bertz CT molecular complexity index is 3550. The Balaban J connectivity index is 1.72. The van der Waals surface area contributed by atoms with E-state index < -0.39 is 119 Å². The maximum Gasteiger partial charge on any atom is 0.303 e. The number of benzene rings is 2. The zero-order valence-corrected chi connectivity index (χ0v) is 49.4. The van der Waals surface area contributed by atoms with Crippen molar-refractivity contribution in [3.8, 4) is 0 Å². The van der Waals surface area contributed by atoms with E-state index in [1.807, 2.05) is 0 Å². The lowest BCUT2D eigenvalue weighted by molar-refractivity contribution is -0.437. The topological polar surface area (TPSA) is 394 Å². The van der Waals surface area contributed by atoms with Crippen LogP contribution in [-0.4, -0.2) is 166 Å². The first-order valence-electron chi connectivity index (χ1n) is 25.6. The largest absolute Gasteiger partial charge is 0.481 e. The number of amides is 2. The molecule has 8 N–H and O–H groups in total. The smallest absolute Gasteiger partial charge is 0.303 e. The highest BCUT2D eigenvalue weighted by Gasteiger charge is 2.49. The van der Waals surface area contributed by atoms with Crippen LogP contribution in [0, 0.1) is 5.41 Å². The predicted molar refractivity (Wildman–Crippen MR) is 298 cm³/mol.